The Morgan fingerprint density at radius 3 is 2.61 bits per heavy atom. The quantitative estimate of drug-likeness (QED) is 0.355. The minimum absolute atomic E-state index is 0.0908. The fourth-order valence-corrected chi connectivity index (χ4v) is 3.92. The SMILES string of the molecule is Cc1cc(/C(O)=C2\C(=O)C(=O)N(CCCN(C)C)[C@H]2c2cccnc2)ccc1OCC(C)C. The summed E-state index contributed by atoms with van der Waals surface area (Å²) in [4.78, 5) is 33.8. The smallest absolute Gasteiger partial charge is 0.295 e. The molecule has 1 amide bonds. The number of aliphatic hydroxyl groups is 1. The summed E-state index contributed by atoms with van der Waals surface area (Å²) in [6, 6.07) is 8.20. The van der Waals surface area contributed by atoms with Crippen LogP contribution in [0.3, 0.4) is 0 Å². The molecule has 0 radical (unpaired) electrons. The van der Waals surface area contributed by atoms with Crippen LogP contribution in [0.2, 0.25) is 0 Å². The monoisotopic (exact) mass is 451 g/mol. The van der Waals surface area contributed by atoms with Crippen LogP contribution in [0.15, 0.2) is 48.3 Å². The molecule has 2 heterocycles. The van der Waals surface area contributed by atoms with E-state index in [1.54, 1.807) is 41.6 Å². The zero-order valence-corrected chi connectivity index (χ0v) is 20.0. The van der Waals surface area contributed by atoms with Gasteiger partial charge in [-0.25, -0.2) is 0 Å². The van der Waals surface area contributed by atoms with E-state index < -0.39 is 17.7 Å². The van der Waals surface area contributed by atoms with Gasteiger partial charge in [0.15, 0.2) is 0 Å². The van der Waals surface area contributed by atoms with Crippen molar-refractivity contribution in [3.05, 3.63) is 65.0 Å². The lowest BCUT2D eigenvalue weighted by Crippen LogP contribution is -2.32. The molecule has 0 unspecified atom stereocenters. The lowest BCUT2D eigenvalue weighted by Gasteiger charge is -2.25. The highest BCUT2D eigenvalue weighted by atomic mass is 16.5. The van der Waals surface area contributed by atoms with E-state index in [0.717, 1.165) is 17.9 Å². The molecule has 1 aliphatic heterocycles. The molecule has 0 saturated carbocycles. The van der Waals surface area contributed by atoms with Crippen molar-refractivity contribution < 1.29 is 19.4 Å². The molecule has 1 saturated heterocycles. The number of benzene rings is 1. The van der Waals surface area contributed by atoms with Crippen molar-refractivity contribution in [2.75, 3.05) is 33.8 Å². The number of nitrogens with zero attached hydrogens (tertiary/aromatic N) is 3. The molecule has 7 heteroatoms. The number of Topliss-reactive ketones (excluding diaryl/α,β-unsaturated/α-hetero) is 1. The third-order valence-corrected chi connectivity index (χ3v) is 5.56. The topological polar surface area (TPSA) is 83.0 Å². The molecule has 1 fully saturated rings. The third-order valence-electron chi connectivity index (χ3n) is 5.56. The van der Waals surface area contributed by atoms with E-state index >= 15 is 0 Å². The first-order valence-electron chi connectivity index (χ1n) is 11.3. The van der Waals surface area contributed by atoms with E-state index in [1.165, 1.54) is 0 Å². The van der Waals surface area contributed by atoms with Gasteiger partial charge in [0.25, 0.3) is 11.7 Å². The molecule has 176 valence electrons. The van der Waals surface area contributed by atoms with Crippen molar-refractivity contribution in [2.45, 2.75) is 33.2 Å². The molecule has 1 N–H and O–H groups in total. The van der Waals surface area contributed by atoms with Crippen molar-refractivity contribution in [3.8, 4) is 5.75 Å². The average Bonchev–Trinajstić information content (AvgIpc) is 3.03. The molecule has 0 spiro atoms. The molecule has 1 aliphatic rings. The standard InChI is InChI=1S/C26H33N3O4/c1-17(2)16-33-21-10-9-19(14-18(21)3)24(30)22-23(20-8-6-11-27-15-20)29(26(32)25(22)31)13-7-12-28(4)5/h6,8-11,14-15,17,23,30H,7,12-13,16H2,1-5H3/b24-22+/t23-/m0/s1. The summed E-state index contributed by atoms with van der Waals surface area (Å²) in [5, 5.41) is 11.2. The van der Waals surface area contributed by atoms with Gasteiger partial charge >= 0.3 is 0 Å². The Bertz CT molecular complexity index is 1030. The summed E-state index contributed by atoms with van der Waals surface area (Å²) in [6.07, 6.45) is 3.98. The second-order valence-electron chi connectivity index (χ2n) is 9.12. The minimum Gasteiger partial charge on any atom is -0.507 e. The van der Waals surface area contributed by atoms with Crippen LogP contribution in [-0.2, 0) is 9.59 Å². The predicted octanol–water partition coefficient (Wildman–Crippen LogP) is 3.80. The van der Waals surface area contributed by atoms with E-state index in [9.17, 15) is 14.7 Å². The number of rotatable bonds is 9. The highest BCUT2D eigenvalue weighted by Gasteiger charge is 2.45. The van der Waals surface area contributed by atoms with Gasteiger partial charge in [0.05, 0.1) is 18.2 Å². The number of aliphatic hydroxyl groups excluding tert-OH is 1. The van der Waals surface area contributed by atoms with Gasteiger partial charge in [-0.3, -0.25) is 14.6 Å². The number of likely N-dealkylation sites (tertiary alicyclic amines) is 1. The molecule has 33 heavy (non-hydrogen) atoms. The number of ketones is 1. The van der Waals surface area contributed by atoms with Crippen molar-refractivity contribution in [1.82, 2.24) is 14.8 Å². The van der Waals surface area contributed by atoms with E-state index in [-0.39, 0.29) is 11.3 Å². The number of hydrogen-bond acceptors (Lipinski definition) is 6. The van der Waals surface area contributed by atoms with Crippen molar-refractivity contribution in [3.63, 3.8) is 0 Å². The summed E-state index contributed by atoms with van der Waals surface area (Å²) >= 11 is 0. The molecule has 0 aliphatic carbocycles. The van der Waals surface area contributed by atoms with Crippen molar-refractivity contribution in [2.24, 2.45) is 5.92 Å². The van der Waals surface area contributed by atoms with Gasteiger partial charge in [-0.05, 0) is 75.3 Å². The summed E-state index contributed by atoms with van der Waals surface area (Å²) in [6.45, 7) is 7.81. The zero-order chi connectivity index (χ0) is 24.1. The first-order valence-corrected chi connectivity index (χ1v) is 11.3. The number of hydrogen-bond donors (Lipinski definition) is 1. The van der Waals surface area contributed by atoms with Crippen LogP contribution < -0.4 is 4.74 Å². The van der Waals surface area contributed by atoms with Crippen LogP contribution in [0, 0.1) is 12.8 Å². The second-order valence-corrected chi connectivity index (χ2v) is 9.12. The zero-order valence-electron chi connectivity index (χ0n) is 20.0. The van der Waals surface area contributed by atoms with Crippen LogP contribution in [0.25, 0.3) is 5.76 Å². The minimum atomic E-state index is -0.682. The van der Waals surface area contributed by atoms with E-state index in [4.69, 9.17) is 4.74 Å². The van der Waals surface area contributed by atoms with Gasteiger partial charge in [0.1, 0.15) is 11.5 Å². The van der Waals surface area contributed by atoms with Gasteiger partial charge in [0.2, 0.25) is 0 Å². The first kappa shape index (κ1) is 24.5. The summed E-state index contributed by atoms with van der Waals surface area (Å²) in [5.74, 6) is -0.341. The van der Waals surface area contributed by atoms with Gasteiger partial charge in [-0.1, -0.05) is 19.9 Å². The van der Waals surface area contributed by atoms with Crippen LogP contribution in [0.5, 0.6) is 5.75 Å². The molecular weight excluding hydrogens is 418 g/mol. The number of carbonyl (C=O) groups excluding carboxylic acids is 2. The Hall–Kier alpha value is -3.19. The Labute approximate surface area is 195 Å². The van der Waals surface area contributed by atoms with Crippen LogP contribution >= 0.6 is 0 Å². The number of aryl methyl sites for hydroxylation is 1. The lowest BCUT2D eigenvalue weighted by molar-refractivity contribution is -0.139. The van der Waals surface area contributed by atoms with E-state index in [0.29, 0.717) is 36.6 Å². The normalized spacial score (nSPS) is 17.9. The van der Waals surface area contributed by atoms with E-state index in [1.807, 2.05) is 32.0 Å². The third kappa shape index (κ3) is 5.60. The Morgan fingerprint density at radius 2 is 2.00 bits per heavy atom. The Morgan fingerprint density at radius 1 is 1.24 bits per heavy atom. The molecule has 1 aromatic carbocycles. The van der Waals surface area contributed by atoms with Gasteiger partial charge in [-0.15, -0.1) is 0 Å². The predicted molar refractivity (Wildman–Crippen MR) is 128 cm³/mol. The van der Waals surface area contributed by atoms with Gasteiger partial charge < -0.3 is 19.6 Å². The Kier molecular flexibility index (Phi) is 7.87. The number of amides is 1. The maximum absolute atomic E-state index is 13.1. The molecule has 0 bridgehead atoms. The van der Waals surface area contributed by atoms with Crippen LogP contribution in [0.1, 0.15) is 43.0 Å². The molecule has 3 rings (SSSR count). The summed E-state index contributed by atoms with van der Waals surface area (Å²) < 4.78 is 5.83. The highest BCUT2D eigenvalue weighted by molar-refractivity contribution is 6.46. The largest absolute Gasteiger partial charge is 0.507 e. The number of pyridine rings is 1. The fourth-order valence-electron chi connectivity index (χ4n) is 3.92. The molecule has 1 aromatic heterocycles. The first-order chi connectivity index (χ1) is 15.7. The van der Waals surface area contributed by atoms with Crippen LogP contribution in [-0.4, -0.2) is 65.4 Å². The number of aromatic nitrogens is 1. The summed E-state index contributed by atoms with van der Waals surface area (Å²) in [5.41, 5.74) is 2.10. The summed E-state index contributed by atoms with van der Waals surface area (Å²) in [7, 11) is 3.92. The molecule has 1 atom stereocenters. The maximum atomic E-state index is 13.1. The van der Waals surface area contributed by atoms with Crippen LogP contribution in [0.4, 0.5) is 0 Å². The fraction of sp³-hybridized carbons (Fsp3) is 0.423. The van der Waals surface area contributed by atoms with Gasteiger partial charge in [0, 0.05) is 24.5 Å². The molecule has 2 aromatic rings. The highest BCUT2D eigenvalue weighted by Crippen LogP contribution is 2.39. The number of carbonyl (C=O) groups is 2. The average molecular weight is 452 g/mol. The molecule has 7 nitrogen and oxygen atoms in total. The maximum Gasteiger partial charge on any atom is 0.295 e. The van der Waals surface area contributed by atoms with Crippen molar-refractivity contribution in [1.29, 1.82) is 0 Å². The lowest BCUT2D eigenvalue weighted by atomic mass is 9.95. The number of ether oxygens (including phenoxy) is 1. The van der Waals surface area contributed by atoms with Crippen molar-refractivity contribution >= 4 is 17.4 Å². The molecular formula is C26H33N3O4. The second kappa shape index (κ2) is 10.6. The van der Waals surface area contributed by atoms with Gasteiger partial charge in [-0.2, -0.15) is 0 Å². The Balaban J connectivity index is 2.01. The van der Waals surface area contributed by atoms with E-state index in [2.05, 4.69) is 18.8 Å².